The number of hydrogen-bond donors (Lipinski definition) is 0. The van der Waals surface area contributed by atoms with Crippen LogP contribution in [0.5, 0.6) is 0 Å². The van der Waals surface area contributed by atoms with E-state index in [4.69, 9.17) is 4.74 Å². The van der Waals surface area contributed by atoms with Gasteiger partial charge in [-0.2, -0.15) is 0 Å². The van der Waals surface area contributed by atoms with Crippen LogP contribution in [0.25, 0.3) is 0 Å². The summed E-state index contributed by atoms with van der Waals surface area (Å²) < 4.78 is 5.12. The maximum absolute atomic E-state index is 11.3. The molecule has 0 saturated carbocycles. The van der Waals surface area contributed by atoms with Crippen molar-refractivity contribution in [3.05, 3.63) is 12.2 Å². The minimum atomic E-state index is -0.282. The Kier molecular flexibility index (Phi) is 19.3. The summed E-state index contributed by atoms with van der Waals surface area (Å²) in [5, 5.41) is 0. The van der Waals surface area contributed by atoms with E-state index in [0.717, 1.165) is 13.1 Å². The van der Waals surface area contributed by atoms with Crippen molar-refractivity contribution in [2.45, 2.75) is 110 Å². The molecule has 3 nitrogen and oxygen atoms in total. The molecule has 0 unspecified atom stereocenters. The summed E-state index contributed by atoms with van der Waals surface area (Å²) in [5.41, 5.74) is 0.472. The predicted molar refractivity (Wildman–Crippen MR) is 118 cm³/mol. The molecule has 3 heteroatoms. The Morgan fingerprint density at radius 2 is 1.15 bits per heavy atom. The van der Waals surface area contributed by atoms with Crippen LogP contribution in [0.2, 0.25) is 0 Å². The van der Waals surface area contributed by atoms with E-state index in [1.165, 1.54) is 96.3 Å². The lowest BCUT2D eigenvalue weighted by Crippen LogP contribution is -2.25. The van der Waals surface area contributed by atoms with Crippen LogP contribution in [0.1, 0.15) is 110 Å². The second-order valence-corrected chi connectivity index (χ2v) is 8.17. The Bertz CT molecular complexity index is 354. The highest BCUT2D eigenvalue weighted by molar-refractivity contribution is 5.86. The molecule has 0 bridgehead atoms. The Hall–Kier alpha value is -0.830. The van der Waals surface area contributed by atoms with Crippen LogP contribution in [0.15, 0.2) is 12.2 Å². The molecule has 0 aromatic heterocycles. The van der Waals surface area contributed by atoms with Gasteiger partial charge in [-0.05, 0) is 26.9 Å². The van der Waals surface area contributed by atoms with Gasteiger partial charge in [-0.15, -0.1) is 0 Å². The predicted octanol–water partition coefficient (Wildman–Crippen LogP) is 6.91. The van der Waals surface area contributed by atoms with Gasteiger partial charge in [0.25, 0.3) is 0 Å². The van der Waals surface area contributed by atoms with Crippen LogP contribution in [-0.4, -0.2) is 37.6 Å². The normalized spacial score (nSPS) is 11.1. The highest BCUT2D eigenvalue weighted by Gasteiger charge is 2.04. The van der Waals surface area contributed by atoms with Gasteiger partial charge in [0.1, 0.15) is 6.61 Å². The van der Waals surface area contributed by atoms with Gasteiger partial charge in [0.2, 0.25) is 0 Å². The molecule has 0 aliphatic heterocycles. The quantitative estimate of drug-likeness (QED) is 0.130. The van der Waals surface area contributed by atoms with Crippen LogP contribution in [0.3, 0.4) is 0 Å². The standard InChI is InChI=1S/C24H47NO2/c1-5-6-7-8-9-10-11-12-13-14-15-16-17-18-19-20-25(4)21-22-27-24(26)23(2)3/h2,5-22H2,1,3-4H3. The van der Waals surface area contributed by atoms with Crippen molar-refractivity contribution < 1.29 is 9.53 Å². The first-order chi connectivity index (χ1) is 13.1. The largest absolute Gasteiger partial charge is 0.461 e. The van der Waals surface area contributed by atoms with Crippen LogP contribution in [0, 0.1) is 0 Å². The number of carbonyl (C=O) groups is 1. The average molecular weight is 382 g/mol. The molecule has 0 heterocycles. The van der Waals surface area contributed by atoms with Gasteiger partial charge < -0.3 is 9.64 Å². The molecular weight excluding hydrogens is 334 g/mol. The lowest BCUT2D eigenvalue weighted by atomic mass is 10.0. The molecule has 0 fully saturated rings. The Morgan fingerprint density at radius 1 is 0.741 bits per heavy atom. The van der Waals surface area contributed by atoms with Crippen molar-refractivity contribution >= 4 is 5.97 Å². The molecule has 0 atom stereocenters. The summed E-state index contributed by atoms with van der Waals surface area (Å²) in [7, 11) is 2.10. The number of hydrogen-bond acceptors (Lipinski definition) is 3. The number of esters is 1. The maximum atomic E-state index is 11.3. The molecule has 0 N–H and O–H groups in total. The van der Waals surface area contributed by atoms with Crippen LogP contribution < -0.4 is 0 Å². The topological polar surface area (TPSA) is 29.5 Å². The summed E-state index contributed by atoms with van der Waals surface area (Å²) in [5.74, 6) is -0.282. The molecule has 0 aliphatic carbocycles. The molecule has 27 heavy (non-hydrogen) atoms. The van der Waals surface area contributed by atoms with E-state index in [-0.39, 0.29) is 5.97 Å². The molecule has 0 amide bonds. The van der Waals surface area contributed by atoms with E-state index in [0.29, 0.717) is 12.2 Å². The third-order valence-corrected chi connectivity index (χ3v) is 5.20. The highest BCUT2D eigenvalue weighted by atomic mass is 16.5. The first-order valence-corrected chi connectivity index (χ1v) is 11.6. The first kappa shape index (κ1) is 26.2. The monoisotopic (exact) mass is 381 g/mol. The van der Waals surface area contributed by atoms with Crippen molar-refractivity contribution in [1.82, 2.24) is 4.90 Å². The fraction of sp³-hybridized carbons (Fsp3) is 0.875. The Morgan fingerprint density at radius 3 is 1.56 bits per heavy atom. The van der Waals surface area contributed by atoms with Crippen LogP contribution in [0.4, 0.5) is 0 Å². The molecular formula is C24H47NO2. The molecule has 0 aliphatic rings. The Balaban J connectivity index is 3.20. The van der Waals surface area contributed by atoms with Crippen molar-refractivity contribution in [2.75, 3.05) is 26.7 Å². The zero-order valence-electron chi connectivity index (χ0n) is 18.7. The van der Waals surface area contributed by atoms with Gasteiger partial charge in [-0.25, -0.2) is 4.79 Å². The number of unbranched alkanes of at least 4 members (excludes halogenated alkanes) is 14. The van der Waals surface area contributed by atoms with E-state index in [1.807, 2.05) is 0 Å². The highest BCUT2D eigenvalue weighted by Crippen LogP contribution is 2.13. The fourth-order valence-corrected chi connectivity index (χ4v) is 3.28. The van der Waals surface area contributed by atoms with Gasteiger partial charge in [0.05, 0.1) is 0 Å². The van der Waals surface area contributed by atoms with Crippen molar-refractivity contribution in [3.63, 3.8) is 0 Å². The number of nitrogens with zero attached hydrogens (tertiary/aromatic N) is 1. The van der Waals surface area contributed by atoms with E-state index in [2.05, 4.69) is 25.5 Å². The molecule has 0 spiro atoms. The number of likely N-dealkylation sites (N-methyl/N-ethyl adjacent to an activating group) is 1. The van der Waals surface area contributed by atoms with E-state index in [9.17, 15) is 4.79 Å². The summed E-state index contributed by atoms with van der Waals surface area (Å²) in [6.45, 7) is 9.90. The zero-order chi connectivity index (χ0) is 20.2. The van der Waals surface area contributed by atoms with Crippen LogP contribution >= 0.6 is 0 Å². The minimum absolute atomic E-state index is 0.282. The van der Waals surface area contributed by atoms with Gasteiger partial charge >= 0.3 is 5.97 Å². The maximum Gasteiger partial charge on any atom is 0.333 e. The zero-order valence-corrected chi connectivity index (χ0v) is 18.7. The Labute approximate surface area is 169 Å². The second kappa shape index (κ2) is 19.9. The van der Waals surface area contributed by atoms with Crippen molar-refractivity contribution in [3.8, 4) is 0 Å². The summed E-state index contributed by atoms with van der Waals surface area (Å²) in [4.78, 5) is 13.5. The smallest absolute Gasteiger partial charge is 0.333 e. The van der Waals surface area contributed by atoms with E-state index >= 15 is 0 Å². The van der Waals surface area contributed by atoms with Crippen molar-refractivity contribution in [2.24, 2.45) is 0 Å². The van der Waals surface area contributed by atoms with Gasteiger partial charge in [-0.3, -0.25) is 0 Å². The minimum Gasteiger partial charge on any atom is -0.461 e. The van der Waals surface area contributed by atoms with E-state index in [1.54, 1.807) is 6.92 Å². The number of rotatable bonds is 20. The first-order valence-electron chi connectivity index (χ1n) is 11.6. The van der Waals surface area contributed by atoms with Gasteiger partial charge in [0, 0.05) is 12.1 Å². The summed E-state index contributed by atoms with van der Waals surface area (Å²) >= 11 is 0. The van der Waals surface area contributed by atoms with Gasteiger partial charge in [0.15, 0.2) is 0 Å². The lowest BCUT2D eigenvalue weighted by Gasteiger charge is -2.16. The van der Waals surface area contributed by atoms with E-state index < -0.39 is 0 Å². The van der Waals surface area contributed by atoms with Crippen molar-refractivity contribution in [1.29, 1.82) is 0 Å². The summed E-state index contributed by atoms with van der Waals surface area (Å²) in [6.07, 6.45) is 21.0. The molecule has 160 valence electrons. The summed E-state index contributed by atoms with van der Waals surface area (Å²) in [6, 6.07) is 0. The molecule has 0 aromatic carbocycles. The number of ether oxygens (including phenoxy) is 1. The molecule has 0 rings (SSSR count). The average Bonchev–Trinajstić information content (AvgIpc) is 2.64. The molecule has 0 saturated heterocycles. The number of carbonyl (C=O) groups excluding carboxylic acids is 1. The lowest BCUT2D eigenvalue weighted by molar-refractivity contribution is -0.139. The van der Waals surface area contributed by atoms with Gasteiger partial charge in [-0.1, -0.05) is 103 Å². The fourth-order valence-electron chi connectivity index (χ4n) is 3.28. The second-order valence-electron chi connectivity index (χ2n) is 8.17. The third kappa shape index (κ3) is 19.7. The van der Waals surface area contributed by atoms with Crippen LogP contribution in [-0.2, 0) is 9.53 Å². The third-order valence-electron chi connectivity index (χ3n) is 5.20. The molecule has 0 aromatic rings. The SMILES string of the molecule is C=C(C)C(=O)OCCN(C)CCCCCCCCCCCCCCCCC. The molecule has 0 radical (unpaired) electrons.